The van der Waals surface area contributed by atoms with E-state index in [1.807, 2.05) is 0 Å². The number of nitrogens with zero attached hydrogens (tertiary/aromatic N) is 2. The van der Waals surface area contributed by atoms with E-state index in [0.29, 0.717) is 0 Å². The average Bonchev–Trinajstić information content (AvgIpc) is 2.73. The van der Waals surface area contributed by atoms with Crippen LogP contribution < -0.4 is 5.69 Å². The first kappa shape index (κ1) is 13.4. The number of hydrogen-bond donors (Lipinski definition) is 2. The van der Waals surface area contributed by atoms with E-state index in [1.54, 1.807) is 17.3 Å². The summed E-state index contributed by atoms with van der Waals surface area (Å²) in [4.78, 5) is 17.0. The second-order valence-corrected chi connectivity index (χ2v) is 4.51. The lowest BCUT2D eigenvalue weighted by Gasteiger charge is -2.14. The second-order valence-electron chi connectivity index (χ2n) is 3.98. The maximum Gasteiger partial charge on any atom is 0.349 e. The van der Waals surface area contributed by atoms with Gasteiger partial charge in [0.1, 0.15) is 12.3 Å². The van der Waals surface area contributed by atoms with Crippen LogP contribution in [0.4, 0.5) is 0 Å². The van der Waals surface area contributed by atoms with Crippen molar-refractivity contribution < 1.29 is 14.9 Å². The molecule has 2 N–H and O–H groups in total. The van der Waals surface area contributed by atoms with Crippen LogP contribution in [0.2, 0.25) is 0 Å². The van der Waals surface area contributed by atoms with Gasteiger partial charge in [-0.2, -0.15) is 0 Å². The molecule has 0 radical (unpaired) electrons. The Balaban J connectivity index is 2.28. The van der Waals surface area contributed by atoms with E-state index in [0.717, 1.165) is 5.56 Å². The maximum atomic E-state index is 11.7. The molecule has 7 heteroatoms. The van der Waals surface area contributed by atoms with Crippen molar-refractivity contribution in [3.05, 3.63) is 33.4 Å². The molecule has 1 aliphatic heterocycles. The fraction of sp³-hybridized carbons (Fsp3) is 0.455. The Morgan fingerprint density at radius 2 is 2.44 bits per heavy atom. The van der Waals surface area contributed by atoms with Gasteiger partial charge in [0.25, 0.3) is 0 Å². The van der Waals surface area contributed by atoms with Crippen molar-refractivity contribution in [1.82, 2.24) is 9.55 Å². The van der Waals surface area contributed by atoms with E-state index in [9.17, 15) is 9.90 Å². The van der Waals surface area contributed by atoms with Crippen molar-refractivity contribution in [2.45, 2.75) is 24.9 Å². The van der Waals surface area contributed by atoms with Gasteiger partial charge in [-0.3, -0.25) is 4.57 Å². The standard InChI is InChI=1S/C11H13BrN2O4/c12-2-1-7-4-13-11(17)14(5-7)10-3-8(16)9(6-15)18-10/h1-2,4-5,8-10,15-16H,3,6H2/t8-,9+,10+/m0/s1. The van der Waals surface area contributed by atoms with Crippen LogP contribution in [-0.4, -0.2) is 38.6 Å². The van der Waals surface area contributed by atoms with E-state index in [2.05, 4.69) is 20.9 Å². The van der Waals surface area contributed by atoms with Gasteiger partial charge in [0.2, 0.25) is 0 Å². The number of aliphatic hydroxyl groups excluding tert-OH is 2. The Hall–Kier alpha value is -1.02. The van der Waals surface area contributed by atoms with Crippen molar-refractivity contribution >= 4 is 22.0 Å². The zero-order valence-electron chi connectivity index (χ0n) is 9.44. The highest BCUT2D eigenvalue weighted by atomic mass is 79.9. The highest BCUT2D eigenvalue weighted by molar-refractivity contribution is 9.11. The normalized spacial score (nSPS) is 28.1. The predicted molar refractivity (Wildman–Crippen MR) is 68.1 cm³/mol. The third kappa shape index (κ3) is 2.69. The molecule has 1 fully saturated rings. The Kier molecular flexibility index (Phi) is 4.28. The molecule has 6 nitrogen and oxygen atoms in total. The summed E-state index contributed by atoms with van der Waals surface area (Å²) in [6.07, 6.45) is 3.02. The zero-order valence-corrected chi connectivity index (χ0v) is 11.0. The van der Waals surface area contributed by atoms with E-state index >= 15 is 0 Å². The zero-order chi connectivity index (χ0) is 13.1. The van der Waals surface area contributed by atoms with Crippen LogP contribution in [0.25, 0.3) is 6.08 Å². The summed E-state index contributed by atoms with van der Waals surface area (Å²) < 4.78 is 6.73. The number of hydrogen-bond acceptors (Lipinski definition) is 5. The first-order chi connectivity index (χ1) is 8.65. The van der Waals surface area contributed by atoms with Crippen molar-refractivity contribution in [1.29, 1.82) is 0 Å². The third-order valence-electron chi connectivity index (χ3n) is 2.78. The molecule has 0 unspecified atom stereocenters. The van der Waals surface area contributed by atoms with Crippen LogP contribution in [0.1, 0.15) is 18.2 Å². The van der Waals surface area contributed by atoms with Gasteiger partial charge in [0.05, 0.1) is 12.7 Å². The fourth-order valence-electron chi connectivity index (χ4n) is 1.86. The molecule has 18 heavy (non-hydrogen) atoms. The van der Waals surface area contributed by atoms with Gasteiger partial charge < -0.3 is 14.9 Å². The third-order valence-corrected chi connectivity index (χ3v) is 3.05. The molecule has 0 aromatic carbocycles. The summed E-state index contributed by atoms with van der Waals surface area (Å²) in [5.74, 6) is 0. The number of ether oxygens (including phenoxy) is 1. The summed E-state index contributed by atoms with van der Waals surface area (Å²) in [5, 5.41) is 18.6. The van der Waals surface area contributed by atoms with E-state index in [4.69, 9.17) is 9.84 Å². The quantitative estimate of drug-likeness (QED) is 0.835. The predicted octanol–water partition coefficient (Wildman–Crippen LogP) is 0.250. The highest BCUT2D eigenvalue weighted by Crippen LogP contribution is 2.27. The van der Waals surface area contributed by atoms with Gasteiger partial charge in [-0.15, -0.1) is 0 Å². The first-order valence-corrected chi connectivity index (χ1v) is 6.36. The Morgan fingerprint density at radius 3 is 3.06 bits per heavy atom. The minimum absolute atomic E-state index is 0.258. The maximum absolute atomic E-state index is 11.7. The summed E-state index contributed by atoms with van der Waals surface area (Å²) in [5.41, 5.74) is 0.287. The van der Waals surface area contributed by atoms with Crippen LogP contribution in [0.15, 0.2) is 22.2 Å². The van der Waals surface area contributed by atoms with Crippen LogP contribution in [-0.2, 0) is 4.74 Å². The summed E-state index contributed by atoms with van der Waals surface area (Å²) >= 11 is 3.14. The van der Waals surface area contributed by atoms with Crippen molar-refractivity contribution in [2.75, 3.05) is 6.61 Å². The minimum atomic E-state index is -0.776. The largest absolute Gasteiger partial charge is 0.394 e. The van der Waals surface area contributed by atoms with Gasteiger partial charge in [-0.05, 0) is 11.1 Å². The van der Waals surface area contributed by atoms with Crippen LogP contribution in [0.5, 0.6) is 0 Å². The second kappa shape index (κ2) is 5.75. The summed E-state index contributed by atoms with van der Waals surface area (Å²) in [6.45, 7) is -0.277. The van der Waals surface area contributed by atoms with Gasteiger partial charge in [0, 0.05) is 24.4 Å². The molecule has 1 aromatic heterocycles. The van der Waals surface area contributed by atoms with Gasteiger partial charge in [0.15, 0.2) is 0 Å². The molecule has 0 amide bonds. The molecule has 1 saturated heterocycles. The smallest absolute Gasteiger partial charge is 0.349 e. The summed E-state index contributed by atoms with van der Waals surface area (Å²) in [6, 6.07) is 0. The number of halogens is 1. The Morgan fingerprint density at radius 1 is 1.67 bits per heavy atom. The van der Waals surface area contributed by atoms with Crippen LogP contribution in [0.3, 0.4) is 0 Å². The van der Waals surface area contributed by atoms with Gasteiger partial charge in [-0.1, -0.05) is 15.9 Å². The molecule has 0 spiro atoms. The molecular weight excluding hydrogens is 304 g/mol. The SMILES string of the molecule is O=c1ncc(C=CBr)cn1[C@H]1C[C@H](O)[C@@H](CO)O1. The molecule has 2 rings (SSSR count). The van der Waals surface area contributed by atoms with Crippen molar-refractivity contribution in [3.63, 3.8) is 0 Å². The molecule has 1 aliphatic rings. The first-order valence-electron chi connectivity index (χ1n) is 5.45. The lowest BCUT2D eigenvalue weighted by atomic mass is 10.2. The van der Waals surface area contributed by atoms with E-state index in [1.165, 1.54) is 10.8 Å². The van der Waals surface area contributed by atoms with Gasteiger partial charge in [-0.25, -0.2) is 9.78 Å². The minimum Gasteiger partial charge on any atom is -0.394 e. The highest BCUT2D eigenvalue weighted by Gasteiger charge is 2.34. The Bertz CT molecular complexity index is 502. The van der Waals surface area contributed by atoms with Gasteiger partial charge >= 0.3 is 5.69 Å². The Labute approximate surface area is 112 Å². The molecular formula is C11H13BrN2O4. The number of aliphatic hydroxyl groups is 2. The monoisotopic (exact) mass is 316 g/mol. The molecule has 3 atom stereocenters. The fourth-order valence-corrected chi connectivity index (χ4v) is 2.17. The molecule has 1 aromatic rings. The van der Waals surface area contributed by atoms with E-state index < -0.39 is 24.1 Å². The topological polar surface area (TPSA) is 84.6 Å². The summed E-state index contributed by atoms with van der Waals surface area (Å²) in [7, 11) is 0. The molecule has 0 aliphatic carbocycles. The van der Waals surface area contributed by atoms with Crippen LogP contribution in [0, 0.1) is 0 Å². The van der Waals surface area contributed by atoms with Crippen molar-refractivity contribution in [3.8, 4) is 0 Å². The number of aromatic nitrogens is 2. The molecule has 98 valence electrons. The average molecular weight is 317 g/mol. The van der Waals surface area contributed by atoms with Crippen LogP contribution >= 0.6 is 15.9 Å². The van der Waals surface area contributed by atoms with Crippen molar-refractivity contribution in [2.24, 2.45) is 0 Å². The number of rotatable bonds is 3. The lowest BCUT2D eigenvalue weighted by Crippen LogP contribution is -2.27. The lowest BCUT2D eigenvalue weighted by molar-refractivity contribution is -0.0459. The molecule has 0 saturated carbocycles. The van der Waals surface area contributed by atoms with E-state index in [-0.39, 0.29) is 13.0 Å². The molecule has 0 bridgehead atoms. The molecule has 2 heterocycles.